The van der Waals surface area contributed by atoms with Crippen LogP contribution in [0.15, 0.2) is 48.6 Å². The van der Waals surface area contributed by atoms with E-state index in [-0.39, 0.29) is 0 Å². The van der Waals surface area contributed by atoms with Crippen molar-refractivity contribution in [1.82, 2.24) is 0 Å². The van der Waals surface area contributed by atoms with Gasteiger partial charge < -0.3 is 5.41 Å². The third kappa shape index (κ3) is 5.42. The molecule has 0 atom stereocenters. The van der Waals surface area contributed by atoms with E-state index in [2.05, 4.69) is 19.6 Å². The Hall–Kier alpha value is -1.37. The van der Waals surface area contributed by atoms with Gasteiger partial charge in [-0.2, -0.15) is 0 Å². The molecule has 12 heavy (non-hydrogen) atoms. The Labute approximate surface area is 74.3 Å². The summed E-state index contributed by atoms with van der Waals surface area (Å²) >= 11 is 0. The monoisotopic (exact) mass is 161 g/mol. The van der Waals surface area contributed by atoms with Crippen molar-refractivity contribution in [3.8, 4) is 0 Å². The van der Waals surface area contributed by atoms with Crippen LogP contribution in [0.1, 0.15) is 13.3 Å². The molecule has 0 spiro atoms. The van der Waals surface area contributed by atoms with Crippen LogP contribution in [0.25, 0.3) is 0 Å². The van der Waals surface area contributed by atoms with Gasteiger partial charge >= 0.3 is 0 Å². The topological polar surface area (TPSA) is 23.9 Å². The lowest BCUT2D eigenvalue weighted by Gasteiger charge is -1.86. The summed E-state index contributed by atoms with van der Waals surface area (Å²) in [7, 11) is 0. The molecule has 0 aromatic rings. The van der Waals surface area contributed by atoms with Crippen LogP contribution in [0.5, 0.6) is 0 Å². The number of nitrogens with one attached hydrogen (secondary N) is 1. The average molecular weight is 161 g/mol. The zero-order valence-electron chi connectivity index (χ0n) is 7.46. The van der Waals surface area contributed by atoms with Gasteiger partial charge in [-0.25, -0.2) is 0 Å². The molecule has 0 aromatic carbocycles. The summed E-state index contributed by atoms with van der Waals surface area (Å²) in [4.78, 5) is 0. The molecule has 0 saturated carbocycles. The molecule has 0 rings (SSSR count). The summed E-state index contributed by atoms with van der Waals surface area (Å²) in [5, 5.41) is 6.85. The number of rotatable bonds is 5. The summed E-state index contributed by atoms with van der Waals surface area (Å²) in [5.74, 6) is 0. The van der Waals surface area contributed by atoms with Gasteiger partial charge in [0, 0.05) is 6.21 Å². The van der Waals surface area contributed by atoms with Crippen LogP contribution in [0.4, 0.5) is 0 Å². The molecule has 1 nitrogen and oxygen atoms in total. The summed E-state index contributed by atoms with van der Waals surface area (Å²) in [6, 6.07) is 0. The van der Waals surface area contributed by atoms with Crippen molar-refractivity contribution in [1.29, 1.82) is 5.41 Å². The van der Waals surface area contributed by atoms with Gasteiger partial charge in [0.15, 0.2) is 0 Å². The Morgan fingerprint density at radius 1 is 1.42 bits per heavy atom. The van der Waals surface area contributed by atoms with Crippen LogP contribution in [0.3, 0.4) is 0 Å². The Bertz CT molecular complexity index is 219. The van der Waals surface area contributed by atoms with Gasteiger partial charge in [-0.05, 0) is 18.1 Å². The zero-order valence-corrected chi connectivity index (χ0v) is 7.46. The molecule has 1 heteroatoms. The van der Waals surface area contributed by atoms with Gasteiger partial charge in [-0.1, -0.05) is 43.9 Å². The zero-order chi connectivity index (χ0) is 9.23. The minimum atomic E-state index is 0.950. The number of allylic oxidation sites excluding steroid dienone is 7. The molecule has 0 heterocycles. The molecule has 0 fully saturated rings. The second-order valence-electron chi connectivity index (χ2n) is 2.23. The molecule has 64 valence electrons. The fraction of sp³-hybridized carbons (Fsp3) is 0.182. The Balaban J connectivity index is 4.10. The summed E-state index contributed by atoms with van der Waals surface area (Å²) in [6.07, 6.45) is 13.6. The van der Waals surface area contributed by atoms with Gasteiger partial charge in [0.2, 0.25) is 0 Å². The van der Waals surface area contributed by atoms with Crippen molar-refractivity contribution in [3.63, 3.8) is 0 Å². The van der Waals surface area contributed by atoms with Gasteiger partial charge in [-0.3, -0.25) is 0 Å². The average Bonchev–Trinajstić information content (AvgIpc) is 2.10. The van der Waals surface area contributed by atoms with Crippen LogP contribution in [-0.2, 0) is 0 Å². The highest BCUT2D eigenvalue weighted by atomic mass is 14.3. The first-order valence-electron chi connectivity index (χ1n) is 4.01. The SMILES string of the molecule is C=CC(/C=C\C=C\CC)=C/C=N. The van der Waals surface area contributed by atoms with Gasteiger partial charge in [0.05, 0.1) is 0 Å². The van der Waals surface area contributed by atoms with Crippen LogP contribution < -0.4 is 0 Å². The molecule has 0 aliphatic carbocycles. The van der Waals surface area contributed by atoms with E-state index in [1.807, 2.05) is 18.2 Å². The van der Waals surface area contributed by atoms with Crippen LogP contribution >= 0.6 is 0 Å². The van der Waals surface area contributed by atoms with Crippen LogP contribution in [0.2, 0.25) is 0 Å². The first-order valence-corrected chi connectivity index (χ1v) is 4.01. The highest BCUT2D eigenvalue weighted by Crippen LogP contribution is 1.96. The summed E-state index contributed by atoms with van der Waals surface area (Å²) in [5.41, 5.74) is 0.950. The first kappa shape index (κ1) is 10.6. The second kappa shape index (κ2) is 7.73. The Kier molecular flexibility index (Phi) is 6.85. The van der Waals surface area contributed by atoms with Crippen LogP contribution in [-0.4, -0.2) is 6.21 Å². The van der Waals surface area contributed by atoms with Crippen molar-refractivity contribution >= 4 is 6.21 Å². The van der Waals surface area contributed by atoms with Crippen molar-refractivity contribution in [3.05, 3.63) is 48.6 Å². The standard InChI is InChI=1S/C11H15N/c1-3-5-6-7-8-11(4-2)9-10-12/h4-10,12H,2-3H2,1H3/b6-5+,8-7-,11-9-,12-10?. The van der Waals surface area contributed by atoms with E-state index in [9.17, 15) is 0 Å². The molecule has 0 amide bonds. The van der Waals surface area contributed by atoms with Crippen molar-refractivity contribution in [2.45, 2.75) is 13.3 Å². The van der Waals surface area contributed by atoms with Gasteiger partial charge in [-0.15, -0.1) is 0 Å². The smallest absolute Gasteiger partial charge is 0.0183 e. The van der Waals surface area contributed by atoms with E-state index in [1.165, 1.54) is 6.21 Å². The van der Waals surface area contributed by atoms with Crippen molar-refractivity contribution in [2.24, 2.45) is 0 Å². The van der Waals surface area contributed by atoms with Crippen LogP contribution in [0, 0.1) is 5.41 Å². The van der Waals surface area contributed by atoms with Gasteiger partial charge in [0.25, 0.3) is 0 Å². The van der Waals surface area contributed by atoms with E-state index in [0.717, 1.165) is 12.0 Å². The Morgan fingerprint density at radius 2 is 2.17 bits per heavy atom. The molecule has 1 N–H and O–H groups in total. The normalized spacial score (nSPS) is 12.6. The molecule has 0 aliphatic heterocycles. The molecule has 0 aliphatic rings. The van der Waals surface area contributed by atoms with E-state index < -0.39 is 0 Å². The molecule has 0 saturated heterocycles. The third-order valence-corrected chi connectivity index (χ3v) is 1.28. The third-order valence-electron chi connectivity index (χ3n) is 1.28. The van der Waals surface area contributed by atoms with E-state index in [1.54, 1.807) is 12.2 Å². The quantitative estimate of drug-likeness (QED) is 0.472. The second-order valence-corrected chi connectivity index (χ2v) is 2.23. The van der Waals surface area contributed by atoms with Crippen molar-refractivity contribution in [2.75, 3.05) is 0 Å². The maximum Gasteiger partial charge on any atom is 0.0183 e. The molecule has 0 radical (unpaired) electrons. The minimum Gasteiger partial charge on any atom is -0.309 e. The largest absolute Gasteiger partial charge is 0.309 e. The molecular formula is C11H15N. The Morgan fingerprint density at radius 3 is 2.67 bits per heavy atom. The molecule has 0 unspecified atom stereocenters. The molecule has 0 bridgehead atoms. The van der Waals surface area contributed by atoms with E-state index in [4.69, 9.17) is 5.41 Å². The maximum atomic E-state index is 6.85. The summed E-state index contributed by atoms with van der Waals surface area (Å²) in [6.45, 7) is 5.72. The minimum absolute atomic E-state index is 0.950. The van der Waals surface area contributed by atoms with Crippen molar-refractivity contribution < 1.29 is 0 Å². The summed E-state index contributed by atoms with van der Waals surface area (Å²) < 4.78 is 0. The van der Waals surface area contributed by atoms with E-state index >= 15 is 0 Å². The van der Waals surface area contributed by atoms with E-state index in [0.29, 0.717) is 0 Å². The lowest BCUT2D eigenvalue weighted by molar-refractivity contribution is 1.22. The maximum absolute atomic E-state index is 6.85. The number of hydrogen-bond acceptors (Lipinski definition) is 1. The molecule has 0 aromatic heterocycles. The highest BCUT2D eigenvalue weighted by Gasteiger charge is 1.78. The number of hydrogen-bond donors (Lipinski definition) is 1. The fourth-order valence-corrected chi connectivity index (χ4v) is 0.669. The molecular weight excluding hydrogens is 146 g/mol. The lowest BCUT2D eigenvalue weighted by Crippen LogP contribution is -1.70. The first-order chi connectivity index (χ1) is 5.85. The predicted octanol–water partition coefficient (Wildman–Crippen LogP) is 3.27. The van der Waals surface area contributed by atoms with Gasteiger partial charge in [0.1, 0.15) is 0 Å². The lowest BCUT2D eigenvalue weighted by atomic mass is 10.2. The fourth-order valence-electron chi connectivity index (χ4n) is 0.669. The predicted molar refractivity (Wildman–Crippen MR) is 55.6 cm³/mol. The highest BCUT2D eigenvalue weighted by molar-refractivity contribution is 5.71.